The maximum absolute atomic E-state index is 4.67. The third kappa shape index (κ3) is 4.15. The summed E-state index contributed by atoms with van der Waals surface area (Å²) in [4.78, 5) is 17.6. The van der Waals surface area contributed by atoms with Crippen LogP contribution in [0.15, 0.2) is 54.9 Å². The molecule has 4 aromatic heterocycles. The number of nitrogens with zero attached hydrogens (tertiary/aromatic N) is 5. The van der Waals surface area contributed by atoms with Gasteiger partial charge >= 0.3 is 0 Å². The molecule has 8 nitrogen and oxygen atoms in total. The molecule has 0 atom stereocenters. The third-order valence-electron chi connectivity index (χ3n) is 6.88. The van der Waals surface area contributed by atoms with E-state index >= 15 is 0 Å². The molecule has 1 fully saturated rings. The fourth-order valence-corrected chi connectivity index (χ4v) is 4.82. The fraction of sp³-hybridized carbons (Fsp3) is 0.296. The fourth-order valence-electron chi connectivity index (χ4n) is 4.82. The molecule has 35 heavy (non-hydrogen) atoms. The van der Waals surface area contributed by atoms with Crippen molar-refractivity contribution in [3.8, 4) is 22.5 Å². The van der Waals surface area contributed by atoms with Gasteiger partial charge in [-0.25, -0.2) is 4.98 Å². The van der Waals surface area contributed by atoms with Crippen LogP contribution in [0.1, 0.15) is 12.6 Å². The third-order valence-corrected chi connectivity index (χ3v) is 6.88. The summed E-state index contributed by atoms with van der Waals surface area (Å²) in [5.41, 5.74) is 8.26. The van der Waals surface area contributed by atoms with Gasteiger partial charge in [-0.3, -0.25) is 10.1 Å². The standard InChI is InChI=1S/C27H30N8/c1-3-28-17-20-6-4-19(16-30-20)18-5-7-23-21(14-18)26(33-32-23)24-15-22-25(8-9-29-27(22)31-24)35-12-10-34(2)11-13-35/h4-9,14-16,28H,3,10-13,17H2,1-2H3,(H,29,31)(H,32,33). The number of piperazine rings is 1. The lowest BCUT2D eigenvalue weighted by molar-refractivity contribution is 0.313. The Labute approximate surface area is 204 Å². The summed E-state index contributed by atoms with van der Waals surface area (Å²) >= 11 is 0. The number of aromatic amines is 2. The summed E-state index contributed by atoms with van der Waals surface area (Å²) in [7, 11) is 2.18. The van der Waals surface area contributed by atoms with Gasteiger partial charge in [0.2, 0.25) is 0 Å². The van der Waals surface area contributed by atoms with Crippen molar-refractivity contribution in [2.75, 3.05) is 44.7 Å². The predicted octanol–water partition coefficient (Wildman–Crippen LogP) is 4.03. The number of rotatable bonds is 6. The van der Waals surface area contributed by atoms with Crippen molar-refractivity contribution in [2.24, 2.45) is 0 Å². The predicted molar refractivity (Wildman–Crippen MR) is 142 cm³/mol. The number of H-pyrrole nitrogens is 2. The van der Waals surface area contributed by atoms with Crippen LogP contribution in [0, 0.1) is 0 Å². The van der Waals surface area contributed by atoms with Crippen LogP contribution in [0.25, 0.3) is 44.5 Å². The van der Waals surface area contributed by atoms with Crippen LogP contribution in [0.3, 0.4) is 0 Å². The first kappa shape index (κ1) is 21.8. The Morgan fingerprint density at radius 2 is 1.80 bits per heavy atom. The summed E-state index contributed by atoms with van der Waals surface area (Å²) in [6.07, 6.45) is 3.84. The van der Waals surface area contributed by atoms with Gasteiger partial charge in [0.15, 0.2) is 0 Å². The molecule has 1 saturated heterocycles. The Kier molecular flexibility index (Phi) is 5.67. The highest BCUT2D eigenvalue weighted by Gasteiger charge is 2.19. The molecule has 5 heterocycles. The highest BCUT2D eigenvalue weighted by molar-refractivity contribution is 5.99. The van der Waals surface area contributed by atoms with E-state index in [2.05, 4.69) is 96.7 Å². The molecule has 0 unspecified atom stereocenters. The normalized spacial score (nSPS) is 14.9. The highest BCUT2D eigenvalue weighted by Crippen LogP contribution is 2.34. The largest absolute Gasteiger partial charge is 0.368 e. The quantitative estimate of drug-likeness (QED) is 0.350. The lowest BCUT2D eigenvalue weighted by Crippen LogP contribution is -2.44. The molecule has 0 amide bonds. The van der Waals surface area contributed by atoms with Gasteiger partial charge in [0.05, 0.1) is 16.9 Å². The van der Waals surface area contributed by atoms with E-state index < -0.39 is 0 Å². The molecular formula is C27H30N8. The SMILES string of the molecule is CCNCc1ccc(-c2ccc3[nH]nc(-c4cc5c(N6CCN(C)CC6)ccnc5[nH]4)c3c2)cn1. The molecule has 6 rings (SSSR count). The lowest BCUT2D eigenvalue weighted by atomic mass is 10.0. The average molecular weight is 467 g/mol. The number of benzene rings is 1. The van der Waals surface area contributed by atoms with Gasteiger partial charge in [-0.2, -0.15) is 5.10 Å². The molecule has 0 spiro atoms. The maximum Gasteiger partial charge on any atom is 0.139 e. The second-order valence-electron chi connectivity index (χ2n) is 9.22. The molecule has 1 aromatic carbocycles. The summed E-state index contributed by atoms with van der Waals surface area (Å²) < 4.78 is 0. The van der Waals surface area contributed by atoms with E-state index in [9.17, 15) is 0 Å². The van der Waals surface area contributed by atoms with Gasteiger partial charge in [0.25, 0.3) is 0 Å². The molecule has 0 radical (unpaired) electrons. The molecule has 8 heteroatoms. The first-order chi connectivity index (χ1) is 17.2. The smallest absolute Gasteiger partial charge is 0.139 e. The number of nitrogens with one attached hydrogen (secondary N) is 3. The zero-order valence-corrected chi connectivity index (χ0v) is 20.2. The molecule has 0 saturated carbocycles. The molecule has 3 N–H and O–H groups in total. The van der Waals surface area contributed by atoms with Gasteiger partial charge in [0.1, 0.15) is 11.3 Å². The van der Waals surface area contributed by atoms with E-state index in [-0.39, 0.29) is 0 Å². The summed E-state index contributed by atoms with van der Waals surface area (Å²) in [6, 6.07) is 14.9. The van der Waals surface area contributed by atoms with E-state index in [4.69, 9.17) is 0 Å². The summed E-state index contributed by atoms with van der Waals surface area (Å²) in [6.45, 7) is 7.99. The number of hydrogen-bond acceptors (Lipinski definition) is 6. The molecule has 1 aliphatic rings. The topological polar surface area (TPSA) is 88.8 Å². The van der Waals surface area contributed by atoms with E-state index in [1.54, 1.807) is 0 Å². The van der Waals surface area contributed by atoms with Crippen molar-refractivity contribution >= 4 is 27.6 Å². The zero-order valence-electron chi connectivity index (χ0n) is 20.2. The number of anilines is 1. The Hall–Kier alpha value is -3.75. The van der Waals surface area contributed by atoms with Gasteiger partial charge in [-0.1, -0.05) is 19.1 Å². The van der Waals surface area contributed by atoms with Crippen molar-refractivity contribution in [2.45, 2.75) is 13.5 Å². The lowest BCUT2D eigenvalue weighted by Gasteiger charge is -2.34. The minimum absolute atomic E-state index is 0.784. The van der Waals surface area contributed by atoms with Crippen molar-refractivity contribution in [3.63, 3.8) is 0 Å². The van der Waals surface area contributed by atoms with Crippen LogP contribution >= 0.6 is 0 Å². The second-order valence-corrected chi connectivity index (χ2v) is 9.22. The van der Waals surface area contributed by atoms with E-state index in [0.717, 1.165) is 89.4 Å². The number of hydrogen-bond donors (Lipinski definition) is 3. The van der Waals surface area contributed by atoms with Crippen LogP contribution in [-0.4, -0.2) is 69.8 Å². The Morgan fingerprint density at radius 3 is 2.60 bits per heavy atom. The number of likely N-dealkylation sites (N-methyl/N-ethyl adjacent to an activating group) is 1. The van der Waals surface area contributed by atoms with Crippen LogP contribution in [-0.2, 0) is 6.54 Å². The minimum Gasteiger partial charge on any atom is -0.368 e. The van der Waals surface area contributed by atoms with Crippen LogP contribution in [0.4, 0.5) is 5.69 Å². The summed E-state index contributed by atoms with van der Waals surface area (Å²) in [5, 5.41) is 13.4. The zero-order chi connectivity index (χ0) is 23.8. The van der Waals surface area contributed by atoms with Crippen molar-refractivity contribution < 1.29 is 0 Å². The van der Waals surface area contributed by atoms with E-state index in [0.29, 0.717) is 0 Å². The Bertz CT molecular complexity index is 1460. The van der Waals surface area contributed by atoms with Gasteiger partial charge < -0.3 is 20.1 Å². The Morgan fingerprint density at radius 1 is 0.943 bits per heavy atom. The number of aromatic nitrogens is 5. The number of fused-ring (bicyclic) bond motifs is 2. The van der Waals surface area contributed by atoms with Crippen LogP contribution in [0.5, 0.6) is 0 Å². The molecular weight excluding hydrogens is 436 g/mol. The van der Waals surface area contributed by atoms with Crippen molar-refractivity contribution in [1.29, 1.82) is 0 Å². The monoisotopic (exact) mass is 466 g/mol. The molecule has 1 aliphatic heterocycles. The molecule has 0 bridgehead atoms. The van der Waals surface area contributed by atoms with Crippen LogP contribution < -0.4 is 10.2 Å². The Balaban J connectivity index is 1.36. The van der Waals surface area contributed by atoms with E-state index in [1.807, 2.05) is 12.4 Å². The van der Waals surface area contributed by atoms with Gasteiger partial charge in [0, 0.05) is 67.1 Å². The van der Waals surface area contributed by atoms with Gasteiger partial charge in [-0.15, -0.1) is 0 Å². The molecule has 5 aromatic rings. The van der Waals surface area contributed by atoms with Crippen molar-refractivity contribution in [1.82, 2.24) is 35.4 Å². The van der Waals surface area contributed by atoms with Crippen molar-refractivity contribution in [3.05, 3.63) is 60.6 Å². The second kappa shape index (κ2) is 9.13. The molecule has 0 aliphatic carbocycles. The van der Waals surface area contributed by atoms with E-state index in [1.165, 1.54) is 5.69 Å². The molecule has 178 valence electrons. The van der Waals surface area contributed by atoms with Crippen LogP contribution in [0.2, 0.25) is 0 Å². The first-order valence-electron chi connectivity index (χ1n) is 12.3. The first-order valence-corrected chi connectivity index (χ1v) is 12.3. The maximum atomic E-state index is 4.67. The van der Waals surface area contributed by atoms with Gasteiger partial charge in [-0.05, 0) is 49.5 Å². The minimum atomic E-state index is 0.784. The number of pyridine rings is 2. The average Bonchev–Trinajstić information content (AvgIpc) is 3.52. The summed E-state index contributed by atoms with van der Waals surface area (Å²) in [5.74, 6) is 0. The highest BCUT2D eigenvalue weighted by atomic mass is 15.2.